The molecule has 0 aliphatic rings. The Balaban J connectivity index is 2.56. The zero-order chi connectivity index (χ0) is 12.4. The van der Waals surface area contributed by atoms with Crippen molar-refractivity contribution in [1.82, 2.24) is 4.98 Å². The number of carboxylic acids is 1. The number of aromatic nitrogens is 1. The Morgan fingerprint density at radius 2 is 1.94 bits per heavy atom. The van der Waals surface area contributed by atoms with Crippen molar-refractivity contribution in [3.05, 3.63) is 53.2 Å². The summed E-state index contributed by atoms with van der Waals surface area (Å²) in [5, 5.41) is 8.95. The molecule has 1 aromatic heterocycles. The van der Waals surface area contributed by atoms with E-state index in [0.29, 0.717) is 5.69 Å². The predicted octanol–water partition coefficient (Wildman–Crippen LogP) is 3.06. The van der Waals surface area contributed by atoms with Crippen LogP contribution >= 0.6 is 0 Å². The summed E-state index contributed by atoms with van der Waals surface area (Å²) in [6, 6.07) is 9.16. The van der Waals surface area contributed by atoms with Gasteiger partial charge in [-0.05, 0) is 37.6 Å². The second-order valence-electron chi connectivity index (χ2n) is 4.05. The van der Waals surface area contributed by atoms with Crippen LogP contribution in [0, 0.1) is 13.8 Å². The molecule has 0 bridgehead atoms. The summed E-state index contributed by atoms with van der Waals surface area (Å²) in [6.07, 6.45) is 1.53. The minimum Gasteiger partial charge on any atom is -0.478 e. The first-order valence-electron chi connectivity index (χ1n) is 5.35. The van der Waals surface area contributed by atoms with Crippen LogP contribution in [0.3, 0.4) is 0 Å². The number of hydrogen-bond acceptors (Lipinski definition) is 2. The third kappa shape index (κ3) is 2.33. The first kappa shape index (κ1) is 11.3. The molecular weight excluding hydrogens is 214 g/mol. The molecule has 1 heterocycles. The van der Waals surface area contributed by atoms with Crippen LogP contribution in [-0.2, 0) is 0 Å². The average Bonchev–Trinajstić information content (AvgIpc) is 2.32. The number of carboxylic acid groups (broad SMARTS) is 1. The highest BCUT2D eigenvalue weighted by molar-refractivity contribution is 5.89. The third-order valence-electron chi connectivity index (χ3n) is 2.68. The van der Waals surface area contributed by atoms with Gasteiger partial charge in [-0.1, -0.05) is 17.7 Å². The smallest absolute Gasteiger partial charge is 0.335 e. The summed E-state index contributed by atoms with van der Waals surface area (Å²) in [5.74, 6) is -0.932. The molecular formula is C14H13NO2. The molecule has 0 spiro atoms. The molecule has 0 unspecified atom stereocenters. The Morgan fingerprint density at radius 1 is 1.18 bits per heavy atom. The van der Waals surface area contributed by atoms with Gasteiger partial charge in [0.15, 0.2) is 0 Å². The minimum absolute atomic E-state index is 0.260. The van der Waals surface area contributed by atoms with Gasteiger partial charge in [-0.2, -0.15) is 0 Å². The first-order valence-corrected chi connectivity index (χ1v) is 5.35. The first-order chi connectivity index (χ1) is 8.08. The summed E-state index contributed by atoms with van der Waals surface area (Å²) >= 11 is 0. The molecule has 1 aromatic carbocycles. The van der Waals surface area contributed by atoms with Gasteiger partial charge in [0, 0.05) is 11.8 Å². The lowest BCUT2D eigenvalue weighted by Gasteiger charge is -2.07. The van der Waals surface area contributed by atoms with Crippen LogP contribution in [0.1, 0.15) is 21.5 Å². The predicted molar refractivity (Wildman–Crippen MR) is 66.1 cm³/mol. The fraction of sp³-hybridized carbons (Fsp3) is 0.143. The zero-order valence-corrected chi connectivity index (χ0v) is 9.77. The van der Waals surface area contributed by atoms with Crippen molar-refractivity contribution in [3.8, 4) is 11.3 Å². The highest BCUT2D eigenvalue weighted by Gasteiger charge is 2.08. The summed E-state index contributed by atoms with van der Waals surface area (Å²) in [6.45, 7) is 3.99. The normalized spacial score (nSPS) is 10.2. The van der Waals surface area contributed by atoms with E-state index in [4.69, 9.17) is 5.11 Å². The molecule has 0 fully saturated rings. The van der Waals surface area contributed by atoms with Gasteiger partial charge in [0.05, 0.1) is 11.3 Å². The van der Waals surface area contributed by atoms with E-state index in [-0.39, 0.29) is 5.56 Å². The Labute approximate surface area is 99.8 Å². The van der Waals surface area contributed by atoms with Crippen LogP contribution < -0.4 is 0 Å². The van der Waals surface area contributed by atoms with Gasteiger partial charge >= 0.3 is 5.97 Å². The Kier molecular flexibility index (Phi) is 2.91. The third-order valence-corrected chi connectivity index (χ3v) is 2.68. The van der Waals surface area contributed by atoms with Crippen molar-refractivity contribution in [2.45, 2.75) is 13.8 Å². The molecule has 0 saturated heterocycles. The summed E-state index contributed by atoms with van der Waals surface area (Å²) in [4.78, 5) is 15.1. The van der Waals surface area contributed by atoms with Crippen LogP contribution in [0.25, 0.3) is 11.3 Å². The van der Waals surface area contributed by atoms with Crippen molar-refractivity contribution in [3.63, 3.8) is 0 Å². The van der Waals surface area contributed by atoms with Crippen molar-refractivity contribution >= 4 is 5.97 Å². The number of nitrogens with zero attached hydrogens (tertiary/aromatic N) is 1. The molecule has 17 heavy (non-hydrogen) atoms. The number of carbonyl (C=O) groups is 1. The van der Waals surface area contributed by atoms with E-state index >= 15 is 0 Å². The van der Waals surface area contributed by atoms with Crippen molar-refractivity contribution in [2.75, 3.05) is 0 Å². The summed E-state index contributed by atoms with van der Waals surface area (Å²) < 4.78 is 0. The Bertz CT molecular complexity index is 576. The number of aromatic carboxylic acids is 1. The molecule has 0 aliphatic carbocycles. The van der Waals surface area contributed by atoms with Gasteiger partial charge in [-0.3, -0.25) is 4.98 Å². The van der Waals surface area contributed by atoms with Gasteiger partial charge < -0.3 is 5.11 Å². The molecule has 2 aromatic rings. The molecule has 2 rings (SSSR count). The van der Waals surface area contributed by atoms with Crippen LogP contribution in [-0.4, -0.2) is 16.1 Å². The number of rotatable bonds is 2. The maximum Gasteiger partial charge on any atom is 0.335 e. The second kappa shape index (κ2) is 4.37. The number of hydrogen-bond donors (Lipinski definition) is 1. The monoisotopic (exact) mass is 227 g/mol. The number of benzene rings is 1. The highest BCUT2D eigenvalue weighted by atomic mass is 16.4. The van der Waals surface area contributed by atoms with E-state index in [1.807, 2.05) is 32.0 Å². The van der Waals surface area contributed by atoms with Gasteiger partial charge in [0.2, 0.25) is 0 Å². The zero-order valence-electron chi connectivity index (χ0n) is 9.77. The van der Waals surface area contributed by atoms with Crippen molar-refractivity contribution in [1.29, 1.82) is 0 Å². The maximum atomic E-state index is 10.9. The largest absolute Gasteiger partial charge is 0.478 e. The molecule has 0 aliphatic heterocycles. The number of pyridine rings is 1. The topological polar surface area (TPSA) is 50.2 Å². The molecule has 0 atom stereocenters. The molecule has 3 heteroatoms. The fourth-order valence-corrected chi connectivity index (χ4v) is 1.72. The standard InChI is InChI=1S/C14H13NO2/c1-9-3-4-10(2)12(7-9)13-8-11(14(16)17)5-6-15-13/h3-8H,1-2H3,(H,16,17). The SMILES string of the molecule is Cc1ccc(C)c(-c2cc(C(=O)O)ccn2)c1. The molecule has 0 radical (unpaired) electrons. The Morgan fingerprint density at radius 3 is 2.65 bits per heavy atom. The van der Waals surface area contributed by atoms with Crippen LogP contribution in [0.5, 0.6) is 0 Å². The molecule has 0 amide bonds. The summed E-state index contributed by atoms with van der Waals surface area (Å²) in [5.41, 5.74) is 4.16. The van der Waals surface area contributed by atoms with Crippen LogP contribution in [0.4, 0.5) is 0 Å². The van der Waals surface area contributed by atoms with E-state index in [1.165, 1.54) is 12.3 Å². The van der Waals surface area contributed by atoms with Crippen molar-refractivity contribution in [2.24, 2.45) is 0 Å². The average molecular weight is 227 g/mol. The summed E-state index contributed by atoms with van der Waals surface area (Å²) in [7, 11) is 0. The molecule has 3 nitrogen and oxygen atoms in total. The Hall–Kier alpha value is -2.16. The molecule has 86 valence electrons. The van der Waals surface area contributed by atoms with Gasteiger partial charge in [0.25, 0.3) is 0 Å². The van der Waals surface area contributed by atoms with E-state index in [2.05, 4.69) is 4.98 Å². The maximum absolute atomic E-state index is 10.9. The fourth-order valence-electron chi connectivity index (χ4n) is 1.72. The van der Waals surface area contributed by atoms with E-state index in [1.54, 1.807) is 6.07 Å². The van der Waals surface area contributed by atoms with Gasteiger partial charge in [0.1, 0.15) is 0 Å². The van der Waals surface area contributed by atoms with Crippen LogP contribution in [0.2, 0.25) is 0 Å². The lowest BCUT2D eigenvalue weighted by atomic mass is 10.0. The second-order valence-corrected chi connectivity index (χ2v) is 4.05. The van der Waals surface area contributed by atoms with E-state index in [0.717, 1.165) is 16.7 Å². The highest BCUT2D eigenvalue weighted by Crippen LogP contribution is 2.23. The van der Waals surface area contributed by atoms with Crippen LogP contribution in [0.15, 0.2) is 36.5 Å². The molecule has 0 saturated carbocycles. The number of aryl methyl sites for hydroxylation is 2. The quantitative estimate of drug-likeness (QED) is 0.857. The molecule has 1 N–H and O–H groups in total. The lowest BCUT2D eigenvalue weighted by molar-refractivity contribution is 0.0697. The van der Waals surface area contributed by atoms with E-state index in [9.17, 15) is 4.79 Å². The van der Waals surface area contributed by atoms with E-state index < -0.39 is 5.97 Å². The van der Waals surface area contributed by atoms with Crippen molar-refractivity contribution < 1.29 is 9.90 Å². The van der Waals surface area contributed by atoms with Gasteiger partial charge in [-0.15, -0.1) is 0 Å². The minimum atomic E-state index is -0.932. The van der Waals surface area contributed by atoms with Gasteiger partial charge in [-0.25, -0.2) is 4.79 Å². The lowest BCUT2D eigenvalue weighted by Crippen LogP contribution is -1.98.